The number of carbonyl (C=O) groups excluding carboxylic acids is 1. The molecule has 3 rings (SSSR count). The summed E-state index contributed by atoms with van der Waals surface area (Å²) in [5.41, 5.74) is 2.21. The van der Waals surface area contributed by atoms with Crippen LogP contribution in [0.15, 0.2) is 18.5 Å². The van der Waals surface area contributed by atoms with Crippen molar-refractivity contribution < 1.29 is 4.79 Å². The van der Waals surface area contributed by atoms with E-state index in [4.69, 9.17) is 0 Å². The number of hydrogen-bond acceptors (Lipinski definition) is 2. The van der Waals surface area contributed by atoms with Gasteiger partial charge in [-0.2, -0.15) is 0 Å². The van der Waals surface area contributed by atoms with Gasteiger partial charge < -0.3 is 5.32 Å². The highest BCUT2D eigenvalue weighted by molar-refractivity contribution is 5.96. The van der Waals surface area contributed by atoms with Gasteiger partial charge in [0, 0.05) is 24.0 Å². The number of fused-ring (bicyclic) bond motifs is 3. The van der Waals surface area contributed by atoms with Crippen molar-refractivity contribution in [3.05, 3.63) is 24.0 Å². The number of carbonyl (C=O) groups is 1. The van der Waals surface area contributed by atoms with Crippen molar-refractivity contribution >= 4 is 11.6 Å². The van der Waals surface area contributed by atoms with Crippen molar-refractivity contribution in [3.8, 4) is 0 Å². The number of nitrogens with zero attached hydrogens (tertiary/aromatic N) is 1. The van der Waals surface area contributed by atoms with Crippen molar-refractivity contribution in [1.29, 1.82) is 0 Å². The minimum Gasteiger partial charge on any atom is -0.325 e. The van der Waals surface area contributed by atoms with Crippen LogP contribution in [-0.2, 0) is 4.79 Å². The molecule has 1 N–H and O–H groups in total. The highest BCUT2D eigenvalue weighted by Crippen LogP contribution is 2.43. The van der Waals surface area contributed by atoms with Gasteiger partial charge in [-0.25, -0.2) is 0 Å². The standard InChI is InChI=1S/C12H14N2O/c15-12-9-4-2-1-3-8(9)10-7-13-6-5-11(10)14-12/h5-9H,1-4H2,(H,14,15)/t8-,9+/m0/s1. The lowest BCUT2D eigenvalue weighted by Gasteiger charge is -2.35. The van der Waals surface area contributed by atoms with E-state index < -0.39 is 0 Å². The number of rotatable bonds is 0. The van der Waals surface area contributed by atoms with E-state index in [0.717, 1.165) is 18.5 Å². The topological polar surface area (TPSA) is 42.0 Å². The molecule has 0 aromatic carbocycles. The third-order valence-electron chi connectivity index (χ3n) is 3.61. The van der Waals surface area contributed by atoms with Crippen LogP contribution in [0.2, 0.25) is 0 Å². The first kappa shape index (κ1) is 8.89. The summed E-state index contributed by atoms with van der Waals surface area (Å²) in [6.07, 6.45) is 8.24. The van der Waals surface area contributed by atoms with E-state index in [-0.39, 0.29) is 11.8 Å². The minimum absolute atomic E-state index is 0.190. The van der Waals surface area contributed by atoms with Crippen molar-refractivity contribution in [1.82, 2.24) is 4.98 Å². The van der Waals surface area contributed by atoms with Crippen LogP contribution in [0.3, 0.4) is 0 Å². The molecule has 0 radical (unpaired) electrons. The van der Waals surface area contributed by atoms with Crippen molar-refractivity contribution in [3.63, 3.8) is 0 Å². The van der Waals surface area contributed by atoms with Crippen molar-refractivity contribution in [2.75, 3.05) is 5.32 Å². The molecule has 1 aromatic heterocycles. The molecule has 15 heavy (non-hydrogen) atoms. The van der Waals surface area contributed by atoms with E-state index in [1.54, 1.807) is 6.20 Å². The van der Waals surface area contributed by atoms with Crippen molar-refractivity contribution in [2.45, 2.75) is 31.6 Å². The molecule has 1 saturated carbocycles. The first-order chi connectivity index (χ1) is 7.36. The van der Waals surface area contributed by atoms with Crippen LogP contribution in [0.25, 0.3) is 0 Å². The van der Waals surface area contributed by atoms with Gasteiger partial charge in [0.25, 0.3) is 0 Å². The normalized spacial score (nSPS) is 28.9. The average Bonchev–Trinajstić information content (AvgIpc) is 2.30. The number of hydrogen-bond donors (Lipinski definition) is 1. The summed E-state index contributed by atoms with van der Waals surface area (Å²) in [6.45, 7) is 0. The fraction of sp³-hybridized carbons (Fsp3) is 0.500. The van der Waals surface area contributed by atoms with E-state index in [0.29, 0.717) is 5.92 Å². The summed E-state index contributed by atoms with van der Waals surface area (Å²) in [6, 6.07) is 1.90. The fourth-order valence-electron chi connectivity index (χ4n) is 2.86. The number of nitrogens with one attached hydrogen (secondary N) is 1. The molecule has 0 unspecified atom stereocenters. The van der Waals surface area contributed by atoms with Gasteiger partial charge in [-0.1, -0.05) is 12.8 Å². The Labute approximate surface area is 88.9 Å². The third kappa shape index (κ3) is 1.34. The predicted molar refractivity (Wildman–Crippen MR) is 57.6 cm³/mol. The number of aromatic nitrogens is 1. The molecule has 3 heteroatoms. The van der Waals surface area contributed by atoms with Gasteiger partial charge in [0.1, 0.15) is 0 Å². The van der Waals surface area contributed by atoms with E-state index in [1.165, 1.54) is 18.4 Å². The second-order valence-electron chi connectivity index (χ2n) is 4.45. The number of amides is 1. The highest BCUT2D eigenvalue weighted by Gasteiger charge is 2.37. The van der Waals surface area contributed by atoms with Crippen LogP contribution in [0.5, 0.6) is 0 Å². The summed E-state index contributed by atoms with van der Waals surface area (Å²) < 4.78 is 0. The Bertz CT molecular complexity index is 402. The molecule has 1 amide bonds. The Morgan fingerprint density at radius 2 is 2.07 bits per heavy atom. The van der Waals surface area contributed by atoms with Gasteiger partial charge in [-0.15, -0.1) is 0 Å². The fourth-order valence-corrected chi connectivity index (χ4v) is 2.86. The molecular formula is C12H14N2O. The van der Waals surface area contributed by atoms with Crippen LogP contribution in [0.4, 0.5) is 5.69 Å². The zero-order chi connectivity index (χ0) is 10.3. The molecule has 3 nitrogen and oxygen atoms in total. The summed E-state index contributed by atoms with van der Waals surface area (Å²) in [5, 5.41) is 2.98. The quantitative estimate of drug-likeness (QED) is 0.701. The Morgan fingerprint density at radius 3 is 2.93 bits per heavy atom. The summed E-state index contributed by atoms with van der Waals surface area (Å²) in [4.78, 5) is 16.0. The zero-order valence-electron chi connectivity index (χ0n) is 8.57. The van der Waals surface area contributed by atoms with E-state index >= 15 is 0 Å². The lowest BCUT2D eigenvalue weighted by molar-refractivity contribution is -0.121. The van der Waals surface area contributed by atoms with Gasteiger partial charge in [-0.3, -0.25) is 9.78 Å². The van der Waals surface area contributed by atoms with E-state index in [2.05, 4.69) is 10.3 Å². The Hall–Kier alpha value is -1.38. The van der Waals surface area contributed by atoms with Gasteiger partial charge in [0.2, 0.25) is 5.91 Å². The zero-order valence-corrected chi connectivity index (χ0v) is 8.57. The average molecular weight is 202 g/mol. The molecule has 0 saturated heterocycles. The second-order valence-corrected chi connectivity index (χ2v) is 4.45. The lowest BCUT2D eigenvalue weighted by Crippen LogP contribution is -2.35. The molecule has 0 spiro atoms. The highest BCUT2D eigenvalue weighted by atomic mass is 16.2. The molecule has 2 heterocycles. The smallest absolute Gasteiger partial charge is 0.228 e. The van der Waals surface area contributed by atoms with Gasteiger partial charge in [0.05, 0.1) is 0 Å². The van der Waals surface area contributed by atoms with Crippen molar-refractivity contribution in [2.24, 2.45) is 5.92 Å². The first-order valence-corrected chi connectivity index (χ1v) is 5.61. The Kier molecular flexibility index (Phi) is 1.97. The monoisotopic (exact) mass is 202 g/mol. The SMILES string of the molecule is O=C1Nc2ccncc2[C@H]2CCCC[C@@H]12. The van der Waals surface area contributed by atoms with Crippen LogP contribution in [0.1, 0.15) is 37.2 Å². The van der Waals surface area contributed by atoms with Gasteiger partial charge in [0.15, 0.2) is 0 Å². The molecule has 2 atom stereocenters. The maximum Gasteiger partial charge on any atom is 0.228 e. The molecule has 1 aliphatic carbocycles. The minimum atomic E-state index is 0.190. The molecule has 78 valence electrons. The number of anilines is 1. The third-order valence-corrected chi connectivity index (χ3v) is 3.61. The van der Waals surface area contributed by atoms with Gasteiger partial charge in [-0.05, 0) is 30.4 Å². The second kappa shape index (κ2) is 3.33. The largest absolute Gasteiger partial charge is 0.325 e. The maximum atomic E-state index is 11.9. The van der Waals surface area contributed by atoms with Crippen LogP contribution < -0.4 is 5.32 Å². The summed E-state index contributed by atoms with van der Waals surface area (Å²) >= 11 is 0. The van der Waals surface area contributed by atoms with Crippen LogP contribution in [0, 0.1) is 5.92 Å². The molecule has 1 fully saturated rings. The predicted octanol–water partition coefficient (Wildman–Crippen LogP) is 2.31. The molecular weight excluding hydrogens is 188 g/mol. The van der Waals surface area contributed by atoms with Crippen LogP contribution in [-0.4, -0.2) is 10.9 Å². The lowest BCUT2D eigenvalue weighted by atomic mass is 9.73. The Morgan fingerprint density at radius 1 is 1.27 bits per heavy atom. The maximum absolute atomic E-state index is 11.9. The molecule has 1 aromatic rings. The molecule has 2 aliphatic rings. The van der Waals surface area contributed by atoms with Gasteiger partial charge >= 0.3 is 0 Å². The summed E-state index contributed by atoms with van der Waals surface area (Å²) in [5.74, 6) is 0.810. The molecule has 0 bridgehead atoms. The van der Waals surface area contributed by atoms with E-state index in [9.17, 15) is 4.79 Å². The van der Waals surface area contributed by atoms with E-state index in [1.807, 2.05) is 12.3 Å². The number of pyridine rings is 1. The molecule has 1 aliphatic heterocycles. The van der Waals surface area contributed by atoms with Crippen LogP contribution >= 0.6 is 0 Å². The Balaban J connectivity index is 2.06. The summed E-state index contributed by atoms with van der Waals surface area (Å²) in [7, 11) is 0. The first-order valence-electron chi connectivity index (χ1n) is 5.61.